The maximum Gasteiger partial charge on any atom is 0.156 e. The molecule has 1 aliphatic rings. The van der Waals surface area contributed by atoms with Crippen LogP contribution in [0.15, 0.2) is 42.9 Å². The Balaban J connectivity index is 1.45. The normalized spacial score (nSPS) is 16.1. The van der Waals surface area contributed by atoms with Gasteiger partial charge in [-0.25, -0.2) is 4.98 Å². The Hall–Kier alpha value is -3.59. The highest BCUT2D eigenvalue weighted by Gasteiger charge is 2.19. The summed E-state index contributed by atoms with van der Waals surface area (Å²) in [7, 11) is 1.92. The number of anilines is 3. The van der Waals surface area contributed by atoms with E-state index < -0.39 is 0 Å². The molecule has 0 saturated carbocycles. The molecule has 5 rings (SSSR count). The third-order valence-electron chi connectivity index (χ3n) is 5.55. The van der Waals surface area contributed by atoms with E-state index in [9.17, 15) is 0 Å². The van der Waals surface area contributed by atoms with Gasteiger partial charge in [-0.15, -0.1) is 5.10 Å². The average molecular weight is 431 g/mol. The molecule has 1 unspecified atom stereocenters. The van der Waals surface area contributed by atoms with E-state index in [0.29, 0.717) is 24.2 Å². The van der Waals surface area contributed by atoms with Gasteiger partial charge >= 0.3 is 0 Å². The van der Waals surface area contributed by atoms with E-state index >= 15 is 0 Å². The number of aromatic nitrogens is 6. The molecule has 0 aromatic carbocycles. The molecule has 2 N–H and O–H groups in total. The van der Waals surface area contributed by atoms with Crippen LogP contribution in [-0.4, -0.2) is 49.2 Å². The van der Waals surface area contributed by atoms with Crippen LogP contribution in [0.2, 0.25) is 0 Å². The Kier molecular flexibility index (Phi) is 5.40. The second kappa shape index (κ2) is 8.51. The molecule has 0 spiro atoms. The summed E-state index contributed by atoms with van der Waals surface area (Å²) < 4.78 is 7.29. The maximum absolute atomic E-state index is 5.49. The van der Waals surface area contributed by atoms with E-state index in [1.165, 1.54) is 0 Å². The van der Waals surface area contributed by atoms with Gasteiger partial charge in [0, 0.05) is 37.2 Å². The predicted octanol–water partition coefficient (Wildman–Crippen LogP) is 3.89. The zero-order valence-corrected chi connectivity index (χ0v) is 18.4. The molecule has 1 atom stereocenters. The van der Waals surface area contributed by atoms with E-state index in [2.05, 4.69) is 44.8 Å². The Bertz CT molecular complexity index is 1250. The van der Waals surface area contributed by atoms with Crippen molar-refractivity contribution in [3.05, 3.63) is 48.4 Å². The smallest absolute Gasteiger partial charge is 0.156 e. The van der Waals surface area contributed by atoms with Crippen molar-refractivity contribution in [3.63, 3.8) is 0 Å². The maximum atomic E-state index is 5.49. The number of nitrogens with one attached hydrogen (secondary N) is 2. The Labute approximate surface area is 186 Å². The molecule has 0 radical (unpaired) electrons. The SMILES string of the molecule is CC(C)c1cnnc(Nc2ccc3ncc(-c4cn(C)nc4NC4CCOC4)cc3n2)c1. The molecule has 1 saturated heterocycles. The topological polar surface area (TPSA) is 103 Å². The van der Waals surface area contributed by atoms with Gasteiger partial charge in [-0.05, 0) is 42.2 Å². The minimum absolute atomic E-state index is 0.272. The average Bonchev–Trinajstić information content (AvgIpc) is 3.43. The third-order valence-corrected chi connectivity index (χ3v) is 5.55. The van der Waals surface area contributed by atoms with Crippen LogP contribution >= 0.6 is 0 Å². The van der Waals surface area contributed by atoms with Gasteiger partial charge in [0.1, 0.15) is 5.82 Å². The molecule has 164 valence electrons. The second-order valence-electron chi connectivity index (χ2n) is 8.38. The number of fused-ring (bicyclic) bond motifs is 1. The minimum Gasteiger partial charge on any atom is -0.379 e. The first-order valence-electron chi connectivity index (χ1n) is 10.8. The van der Waals surface area contributed by atoms with Crippen LogP contribution in [0.3, 0.4) is 0 Å². The molecular weight excluding hydrogens is 404 g/mol. The molecule has 9 nitrogen and oxygen atoms in total. The first-order chi connectivity index (χ1) is 15.5. The standard InChI is InChI=1S/C23H26N8O/c1-14(2)15-9-22(29-25-11-15)28-21-5-4-19-20(27-21)8-16(10-24-19)18-12-31(3)30-23(18)26-17-6-7-32-13-17/h4-5,8-12,14,17H,6-7,13H2,1-3H3,(H,26,30)(H,27,28,29). The van der Waals surface area contributed by atoms with Crippen molar-refractivity contribution in [1.82, 2.24) is 29.9 Å². The fourth-order valence-corrected chi connectivity index (χ4v) is 3.76. The van der Waals surface area contributed by atoms with Gasteiger partial charge < -0.3 is 15.4 Å². The van der Waals surface area contributed by atoms with Crippen molar-refractivity contribution in [1.29, 1.82) is 0 Å². The van der Waals surface area contributed by atoms with Crippen molar-refractivity contribution in [2.75, 3.05) is 23.8 Å². The highest BCUT2D eigenvalue weighted by atomic mass is 16.5. The molecular formula is C23H26N8O. The quantitative estimate of drug-likeness (QED) is 0.475. The number of aryl methyl sites for hydroxylation is 1. The van der Waals surface area contributed by atoms with E-state index in [0.717, 1.165) is 46.6 Å². The fourth-order valence-electron chi connectivity index (χ4n) is 3.76. The molecule has 0 amide bonds. The number of hydrogen-bond donors (Lipinski definition) is 2. The number of hydrogen-bond acceptors (Lipinski definition) is 8. The number of nitrogens with zero attached hydrogens (tertiary/aromatic N) is 6. The van der Waals surface area contributed by atoms with Crippen LogP contribution < -0.4 is 10.6 Å². The van der Waals surface area contributed by atoms with Crippen molar-refractivity contribution >= 4 is 28.5 Å². The van der Waals surface area contributed by atoms with Gasteiger partial charge in [-0.1, -0.05) is 13.8 Å². The molecule has 32 heavy (non-hydrogen) atoms. The van der Waals surface area contributed by atoms with Gasteiger partial charge in [0.15, 0.2) is 11.6 Å². The Morgan fingerprint density at radius 3 is 2.84 bits per heavy atom. The summed E-state index contributed by atoms with van der Waals surface area (Å²) in [5.74, 6) is 2.57. The molecule has 1 aliphatic heterocycles. The van der Waals surface area contributed by atoms with Gasteiger partial charge in [-0.2, -0.15) is 10.2 Å². The van der Waals surface area contributed by atoms with Crippen molar-refractivity contribution in [3.8, 4) is 11.1 Å². The molecule has 0 bridgehead atoms. The predicted molar refractivity (Wildman–Crippen MR) is 124 cm³/mol. The van der Waals surface area contributed by atoms with Gasteiger partial charge in [-0.3, -0.25) is 9.67 Å². The lowest BCUT2D eigenvalue weighted by Crippen LogP contribution is -2.19. The fraction of sp³-hybridized carbons (Fsp3) is 0.348. The van der Waals surface area contributed by atoms with Crippen LogP contribution in [0.25, 0.3) is 22.2 Å². The number of rotatable bonds is 6. The highest BCUT2D eigenvalue weighted by Crippen LogP contribution is 2.30. The van der Waals surface area contributed by atoms with E-state index in [4.69, 9.17) is 9.72 Å². The van der Waals surface area contributed by atoms with Crippen molar-refractivity contribution in [2.24, 2.45) is 7.05 Å². The summed E-state index contributed by atoms with van der Waals surface area (Å²) in [5, 5.41) is 19.6. The highest BCUT2D eigenvalue weighted by molar-refractivity contribution is 5.84. The monoisotopic (exact) mass is 430 g/mol. The lowest BCUT2D eigenvalue weighted by molar-refractivity contribution is 0.195. The summed E-state index contributed by atoms with van der Waals surface area (Å²) >= 11 is 0. The van der Waals surface area contributed by atoms with Crippen LogP contribution in [0.4, 0.5) is 17.5 Å². The summed E-state index contributed by atoms with van der Waals surface area (Å²) in [5.41, 5.74) is 4.68. The number of ether oxygens (including phenoxy) is 1. The minimum atomic E-state index is 0.272. The van der Waals surface area contributed by atoms with Crippen molar-refractivity contribution < 1.29 is 4.74 Å². The van der Waals surface area contributed by atoms with E-state index in [1.54, 1.807) is 6.20 Å². The van der Waals surface area contributed by atoms with Gasteiger partial charge in [0.2, 0.25) is 0 Å². The first kappa shape index (κ1) is 20.3. The lowest BCUT2D eigenvalue weighted by atomic mass is 10.1. The van der Waals surface area contributed by atoms with Crippen LogP contribution in [0.5, 0.6) is 0 Å². The molecule has 4 aromatic rings. The molecule has 5 heterocycles. The van der Waals surface area contributed by atoms with Crippen molar-refractivity contribution in [2.45, 2.75) is 32.2 Å². The molecule has 1 fully saturated rings. The summed E-state index contributed by atoms with van der Waals surface area (Å²) in [6.45, 7) is 5.73. The first-order valence-corrected chi connectivity index (χ1v) is 10.8. The zero-order chi connectivity index (χ0) is 22.1. The van der Waals surface area contributed by atoms with E-state index in [1.807, 2.05) is 48.4 Å². The Morgan fingerprint density at radius 2 is 2.03 bits per heavy atom. The summed E-state index contributed by atoms with van der Waals surface area (Å²) in [4.78, 5) is 9.38. The molecule has 9 heteroatoms. The zero-order valence-electron chi connectivity index (χ0n) is 18.4. The molecule has 0 aliphatic carbocycles. The van der Waals surface area contributed by atoms with Gasteiger partial charge in [0.05, 0.1) is 29.9 Å². The Morgan fingerprint density at radius 1 is 1.12 bits per heavy atom. The lowest BCUT2D eigenvalue weighted by Gasteiger charge is -2.12. The van der Waals surface area contributed by atoms with Gasteiger partial charge in [0.25, 0.3) is 0 Å². The number of pyridine rings is 2. The van der Waals surface area contributed by atoms with Crippen LogP contribution in [-0.2, 0) is 11.8 Å². The largest absolute Gasteiger partial charge is 0.379 e. The molecule has 4 aromatic heterocycles. The second-order valence-corrected chi connectivity index (χ2v) is 8.38. The van der Waals surface area contributed by atoms with E-state index in [-0.39, 0.29) is 6.04 Å². The summed E-state index contributed by atoms with van der Waals surface area (Å²) in [6, 6.07) is 8.16. The van der Waals surface area contributed by atoms with Crippen LogP contribution in [0, 0.1) is 0 Å². The third kappa shape index (κ3) is 4.24. The van der Waals surface area contributed by atoms with Crippen LogP contribution in [0.1, 0.15) is 31.7 Å². The summed E-state index contributed by atoms with van der Waals surface area (Å²) in [6.07, 6.45) is 6.62.